The first-order valence-electron chi connectivity index (χ1n) is 6.84. The quantitative estimate of drug-likeness (QED) is 0.347. The van der Waals surface area contributed by atoms with Crippen LogP contribution in [-0.4, -0.2) is 97.3 Å². The second kappa shape index (κ2) is 9.08. The van der Waals surface area contributed by atoms with Gasteiger partial charge in [-0.25, -0.2) is 0 Å². The molecule has 0 spiro atoms. The maximum absolute atomic E-state index is 11.2. The van der Waals surface area contributed by atoms with Crippen molar-refractivity contribution >= 4 is 23.2 Å². The van der Waals surface area contributed by atoms with E-state index in [-0.39, 0.29) is 32.5 Å². The second-order valence-corrected chi connectivity index (χ2v) is 9.67. The van der Waals surface area contributed by atoms with Crippen molar-refractivity contribution in [2.75, 3.05) is 58.1 Å². The highest BCUT2D eigenvalue weighted by Gasteiger charge is 2.27. The molecule has 0 aromatic heterocycles. The fourth-order valence-electron chi connectivity index (χ4n) is 2.30. The monoisotopic (exact) mass is 394 g/mol. The van der Waals surface area contributed by atoms with Crippen molar-refractivity contribution in [3.63, 3.8) is 0 Å². The maximum atomic E-state index is 11.2. The fraction of sp³-hybridized carbons (Fsp3) is 1.00. The molecule has 14 heteroatoms. The number of hydrogen-bond acceptors (Lipinski definition) is 6. The molecule has 1 atom stereocenters. The van der Waals surface area contributed by atoms with Crippen LogP contribution in [-0.2, 0) is 13.7 Å². The zero-order valence-electron chi connectivity index (χ0n) is 12.5. The molecule has 0 bridgehead atoms. The van der Waals surface area contributed by atoms with Crippen molar-refractivity contribution in [1.29, 1.82) is 0 Å². The van der Waals surface area contributed by atoms with Crippen LogP contribution in [0.15, 0.2) is 0 Å². The predicted molar refractivity (Wildman–Crippen MR) is 83.2 cm³/mol. The molecule has 0 aromatic rings. The van der Waals surface area contributed by atoms with Gasteiger partial charge in [0.1, 0.15) is 12.6 Å². The van der Waals surface area contributed by atoms with Crippen molar-refractivity contribution in [2.24, 2.45) is 0 Å². The van der Waals surface area contributed by atoms with Crippen molar-refractivity contribution < 1.29 is 38.2 Å². The lowest BCUT2D eigenvalue weighted by Gasteiger charge is -2.25. The summed E-state index contributed by atoms with van der Waals surface area (Å²) in [6.45, 7) is 1.74. The molecular weight excluding hydrogens is 371 g/mol. The Hall–Kier alpha value is 0.240. The van der Waals surface area contributed by atoms with E-state index >= 15 is 0 Å². The van der Waals surface area contributed by atoms with E-state index in [0.29, 0.717) is 13.1 Å². The normalized spacial score (nSPS) is 21.5. The van der Waals surface area contributed by atoms with E-state index in [4.69, 9.17) is 24.5 Å². The Morgan fingerprint density at radius 2 is 1.04 bits per heavy atom. The lowest BCUT2D eigenvalue weighted by molar-refractivity contribution is 0.231. The highest BCUT2D eigenvalue weighted by atomic mass is 31.2. The van der Waals surface area contributed by atoms with Gasteiger partial charge in [0.05, 0.1) is 0 Å². The topological polar surface area (TPSA) is 162 Å². The van der Waals surface area contributed by atoms with Crippen LogP contribution in [0.1, 0.15) is 0 Å². The van der Waals surface area contributed by atoms with Crippen LogP contribution in [0.4, 0.5) is 0 Å². The van der Waals surface area contributed by atoms with Gasteiger partial charge in [-0.05, 0) is 4.57 Å². The van der Waals surface area contributed by atoms with Crippen LogP contribution in [0.3, 0.4) is 0 Å². The van der Waals surface area contributed by atoms with E-state index in [1.54, 1.807) is 4.90 Å². The van der Waals surface area contributed by atoms with Gasteiger partial charge in [-0.2, -0.15) is 4.89 Å². The smallest absolute Gasteiger partial charge is 0.324 e. The van der Waals surface area contributed by atoms with Crippen molar-refractivity contribution in [2.45, 2.75) is 0 Å². The van der Waals surface area contributed by atoms with Crippen LogP contribution in [0.2, 0.25) is 0 Å². The largest absolute Gasteiger partial charge is 0.521 e. The van der Waals surface area contributed by atoms with Gasteiger partial charge < -0.3 is 19.6 Å². The summed E-state index contributed by atoms with van der Waals surface area (Å²) in [5, 5.41) is 0. The molecule has 0 saturated carbocycles. The Labute approximate surface area is 135 Å². The molecule has 0 aliphatic carbocycles. The first kappa shape index (κ1) is 21.3. The van der Waals surface area contributed by atoms with Crippen LogP contribution in [0, 0.1) is 0 Å². The zero-order valence-corrected chi connectivity index (χ0v) is 15.2. The second-order valence-electron chi connectivity index (χ2n) is 5.46. The lowest BCUT2D eigenvalue weighted by atomic mass is 10.5. The molecule has 1 rings (SSSR count). The average molecular weight is 394 g/mol. The van der Waals surface area contributed by atoms with E-state index < -0.39 is 35.8 Å². The maximum Gasteiger partial charge on any atom is 0.521 e. The predicted octanol–water partition coefficient (Wildman–Crippen LogP) is -1.13. The fourth-order valence-corrected chi connectivity index (χ4v) is 4.53. The van der Waals surface area contributed by atoms with Crippen molar-refractivity contribution in [1.82, 2.24) is 14.7 Å². The summed E-state index contributed by atoms with van der Waals surface area (Å²) in [6, 6.07) is 0. The van der Waals surface area contributed by atoms with Gasteiger partial charge in [0.25, 0.3) is 0 Å². The minimum Gasteiger partial charge on any atom is -0.324 e. The van der Waals surface area contributed by atoms with Crippen LogP contribution >= 0.6 is 23.2 Å². The third-order valence-corrected chi connectivity index (χ3v) is 5.47. The minimum atomic E-state index is -4.26. The summed E-state index contributed by atoms with van der Waals surface area (Å²) in [7, 11) is -10.9. The van der Waals surface area contributed by atoms with E-state index in [1.807, 2.05) is 0 Å². The van der Waals surface area contributed by atoms with Gasteiger partial charge in [-0.3, -0.25) is 23.8 Å². The molecule has 5 N–H and O–H groups in total. The van der Waals surface area contributed by atoms with Crippen LogP contribution in [0.25, 0.3) is 0 Å². The summed E-state index contributed by atoms with van der Waals surface area (Å²) >= 11 is 0. The molecule has 0 amide bonds. The molecule has 1 heterocycles. The van der Waals surface area contributed by atoms with Gasteiger partial charge in [0.2, 0.25) is 6.29 Å². The molecule has 23 heavy (non-hydrogen) atoms. The summed E-state index contributed by atoms with van der Waals surface area (Å²) in [5.74, 6) is 0. The Kier molecular flexibility index (Phi) is 8.40. The standard InChI is InChI=1S/C9H22N3O8P3/c13-21(14)7-10-1-3-11(8-22(15,16)17)5-6-12(4-2-10)9-23(18,19)20/h1-9H2,(H4-,13,14,15,16,17,18,19,20)/p+1. The Balaban J connectivity index is 2.79. The highest BCUT2D eigenvalue weighted by Crippen LogP contribution is 2.36. The Morgan fingerprint density at radius 3 is 1.30 bits per heavy atom. The average Bonchev–Trinajstić information content (AvgIpc) is 2.40. The third kappa shape index (κ3) is 10.7. The highest BCUT2D eigenvalue weighted by molar-refractivity contribution is 7.51. The van der Waals surface area contributed by atoms with Gasteiger partial charge in [0, 0.05) is 39.3 Å². The zero-order chi connectivity index (χ0) is 17.7. The Morgan fingerprint density at radius 1 is 0.739 bits per heavy atom. The molecule has 0 aromatic carbocycles. The molecule has 136 valence electrons. The van der Waals surface area contributed by atoms with E-state index in [9.17, 15) is 13.7 Å². The number of rotatable bonds is 6. The molecule has 1 fully saturated rings. The Bertz CT molecular complexity index is 458. The minimum absolute atomic E-state index is 0.0944. The van der Waals surface area contributed by atoms with Gasteiger partial charge in [-0.1, -0.05) is 0 Å². The summed E-state index contributed by atoms with van der Waals surface area (Å²) < 4.78 is 33.3. The number of hydrogen-bond donors (Lipinski definition) is 5. The molecular formula is C9H23N3O8P3+. The summed E-state index contributed by atoms with van der Waals surface area (Å²) in [6.07, 6.45) is -1.02. The molecule has 1 unspecified atom stereocenters. The molecule has 1 aliphatic heterocycles. The van der Waals surface area contributed by atoms with Crippen molar-refractivity contribution in [3.8, 4) is 0 Å². The van der Waals surface area contributed by atoms with E-state index in [0.717, 1.165) is 0 Å². The molecule has 1 aliphatic rings. The van der Waals surface area contributed by atoms with E-state index in [1.165, 1.54) is 9.80 Å². The van der Waals surface area contributed by atoms with Crippen LogP contribution in [0.5, 0.6) is 0 Å². The molecule has 1 saturated heterocycles. The molecule has 11 nitrogen and oxygen atoms in total. The van der Waals surface area contributed by atoms with Crippen LogP contribution < -0.4 is 0 Å². The lowest BCUT2D eigenvalue weighted by Crippen LogP contribution is -2.36. The first-order valence-corrected chi connectivity index (χ1v) is 11.8. The molecule has 0 radical (unpaired) electrons. The summed E-state index contributed by atoms with van der Waals surface area (Å²) in [4.78, 5) is 50.1. The summed E-state index contributed by atoms with van der Waals surface area (Å²) in [5.41, 5.74) is 0. The number of nitrogens with zero attached hydrogens (tertiary/aromatic N) is 3. The van der Waals surface area contributed by atoms with Gasteiger partial charge in [0.15, 0.2) is 0 Å². The third-order valence-electron chi connectivity index (χ3n) is 3.29. The van der Waals surface area contributed by atoms with Crippen molar-refractivity contribution in [3.05, 3.63) is 0 Å². The first-order chi connectivity index (χ1) is 10.4. The van der Waals surface area contributed by atoms with Gasteiger partial charge >= 0.3 is 23.2 Å². The SMILES string of the molecule is O=[P+](O)CN1CCN(CP(=O)(O)O)CCN(CP(=O)(O)O)CC1. The van der Waals surface area contributed by atoms with Gasteiger partial charge in [-0.15, -0.1) is 0 Å². The van der Waals surface area contributed by atoms with E-state index in [2.05, 4.69) is 0 Å².